The van der Waals surface area contributed by atoms with E-state index in [9.17, 15) is 18.0 Å². The van der Waals surface area contributed by atoms with Crippen LogP contribution in [0.1, 0.15) is 44.2 Å². The van der Waals surface area contributed by atoms with E-state index in [-0.39, 0.29) is 17.3 Å². The summed E-state index contributed by atoms with van der Waals surface area (Å²) < 4.78 is 28.8. The fourth-order valence-corrected chi connectivity index (χ4v) is 5.92. The zero-order valence-corrected chi connectivity index (χ0v) is 25.3. The van der Waals surface area contributed by atoms with Crippen LogP contribution in [-0.4, -0.2) is 44.3 Å². The maximum atomic E-state index is 14.0. The fraction of sp³-hybridized carbons (Fsp3) is 0.333. The van der Waals surface area contributed by atoms with E-state index in [1.54, 1.807) is 42.5 Å². The van der Waals surface area contributed by atoms with Gasteiger partial charge in [-0.25, -0.2) is 8.42 Å². The van der Waals surface area contributed by atoms with Gasteiger partial charge in [0.1, 0.15) is 12.6 Å². The molecule has 0 saturated carbocycles. The van der Waals surface area contributed by atoms with E-state index in [1.165, 1.54) is 29.2 Å². The second-order valence-electron chi connectivity index (χ2n) is 9.52. The van der Waals surface area contributed by atoms with Crippen LogP contribution in [0.3, 0.4) is 0 Å². The molecule has 0 aliphatic carbocycles. The molecule has 1 atom stereocenters. The Morgan fingerprint density at radius 2 is 1.55 bits per heavy atom. The van der Waals surface area contributed by atoms with Crippen molar-refractivity contribution in [1.82, 2.24) is 10.2 Å². The molecule has 2 amide bonds. The molecule has 0 saturated heterocycles. The van der Waals surface area contributed by atoms with E-state index in [0.29, 0.717) is 28.7 Å². The molecule has 3 aromatic carbocycles. The van der Waals surface area contributed by atoms with Gasteiger partial charge in [-0.1, -0.05) is 67.7 Å². The standard InChI is InChI=1S/C30H35Cl2N3O4S/c1-4-6-18-33-30(37)28(5-2)34(20-23-10-12-24(31)13-11-23)29(36)21-35(26-9-7-8-22(3)19-26)40(38,39)27-16-14-25(32)15-17-27/h7-17,19,28H,4-6,18,20-21H2,1-3H3,(H,33,37)/t28-/m0/s1. The molecule has 0 bridgehead atoms. The fourth-order valence-electron chi connectivity index (χ4n) is 4.26. The largest absolute Gasteiger partial charge is 0.354 e. The smallest absolute Gasteiger partial charge is 0.264 e. The van der Waals surface area contributed by atoms with Crippen LogP contribution in [0.25, 0.3) is 0 Å². The Morgan fingerprint density at radius 3 is 2.12 bits per heavy atom. The normalized spacial score (nSPS) is 12.0. The SMILES string of the molecule is CCCCNC(=O)[C@H](CC)N(Cc1ccc(Cl)cc1)C(=O)CN(c1cccc(C)c1)S(=O)(=O)c1ccc(Cl)cc1. The first-order valence-electron chi connectivity index (χ1n) is 13.2. The number of aryl methyl sites for hydroxylation is 1. The molecule has 3 aromatic rings. The van der Waals surface area contributed by atoms with Crippen LogP contribution in [0.4, 0.5) is 5.69 Å². The van der Waals surface area contributed by atoms with Crippen molar-refractivity contribution in [2.45, 2.75) is 57.5 Å². The van der Waals surface area contributed by atoms with Gasteiger partial charge in [-0.3, -0.25) is 13.9 Å². The summed E-state index contributed by atoms with van der Waals surface area (Å²) in [6.07, 6.45) is 2.08. The number of unbranched alkanes of at least 4 members (excludes halogenated alkanes) is 1. The Kier molecular flexibility index (Phi) is 11.4. The molecule has 40 heavy (non-hydrogen) atoms. The minimum absolute atomic E-state index is 0.000178. The lowest BCUT2D eigenvalue weighted by atomic mass is 10.1. The van der Waals surface area contributed by atoms with Gasteiger partial charge in [0.15, 0.2) is 0 Å². The van der Waals surface area contributed by atoms with Crippen LogP contribution in [-0.2, 0) is 26.2 Å². The number of carbonyl (C=O) groups is 2. The molecule has 0 spiro atoms. The molecule has 10 heteroatoms. The van der Waals surface area contributed by atoms with Crippen LogP contribution >= 0.6 is 23.2 Å². The number of carbonyl (C=O) groups excluding carboxylic acids is 2. The highest BCUT2D eigenvalue weighted by Gasteiger charge is 2.33. The number of amides is 2. The van der Waals surface area contributed by atoms with E-state index in [1.807, 2.05) is 26.8 Å². The Labute approximate surface area is 247 Å². The molecule has 7 nitrogen and oxygen atoms in total. The third-order valence-electron chi connectivity index (χ3n) is 6.45. The topological polar surface area (TPSA) is 86.8 Å². The Morgan fingerprint density at radius 1 is 0.925 bits per heavy atom. The maximum absolute atomic E-state index is 14.0. The van der Waals surface area contributed by atoms with Crippen molar-refractivity contribution in [1.29, 1.82) is 0 Å². The highest BCUT2D eigenvalue weighted by molar-refractivity contribution is 7.92. The molecule has 0 radical (unpaired) electrons. The summed E-state index contributed by atoms with van der Waals surface area (Å²) >= 11 is 12.1. The molecule has 0 heterocycles. The summed E-state index contributed by atoms with van der Waals surface area (Å²) in [6.45, 7) is 5.81. The summed E-state index contributed by atoms with van der Waals surface area (Å²) in [5.41, 5.74) is 1.94. The Hall–Kier alpha value is -3.07. The minimum Gasteiger partial charge on any atom is -0.354 e. The van der Waals surface area contributed by atoms with Crippen molar-refractivity contribution in [3.63, 3.8) is 0 Å². The molecule has 1 N–H and O–H groups in total. The minimum atomic E-state index is -4.16. The number of hydrogen-bond acceptors (Lipinski definition) is 4. The van der Waals surface area contributed by atoms with Gasteiger partial charge in [0.05, 0.1) is 10.6 Å². The molecule has 0 aliphatic rings. The summed E-state index contributed by atoms with van der Waals surface area (Å²) in [4.78, 5) is 28.7. The van der Waals surface area contributed by atoms with E-state index >= 15 is 0 Å². The van der Waals surface area contributed by atoms with Gasteiger partial charge in [0, 0.05) is 23.1 Å². The van der Waals surface area contributed by atoms with Gasteiger partial charge in [-0.05, 0) is 79.4 Å². The number of sulfonamides is 1. The molecule has 214 valence electrons. The lowest BCUT2D eigenvalue weighted by Crippen LogP contribution is -2.52. The van der Waals surface area contributed by atoms with Crippen molar-refractivity contribution in [2.75, 3.05) is 17.4 Å². The Balaban J connectivity index is 2.03. The summed E-state index contributed by atoms with van der Waals surface area (Å²) in [5, 5.41) is 3.86. The second kappa shape index (κ2) is 14.5. The number of hydrogen-bond donors (Lipinski definition) is 1. The van der Waals surface area contributed by atoms with Crippen LogP contribution in [0.15, 0.2) is 77.7 Å². The zero-order valence-electron chi connectivity index (χ0n) is 22.9. The third kappa shape index (κ3) is 8.22. The van der Waals surface area contributed by atoms with Gasteiger partial charge in [-0.2, -0.15) is 0 Å². The van der Waals surface area contributed by atoms with Gasteiger partial charge in [0.2, 0.25) is 11.8 Å². The predicted octanol–water partition coefficient (Wildman–Crippen LogP) is 6.22. The van der Waals surface area contributed by atoms with Crippen LogP contribution in [0, 0.1) is 6.92 Å². The van der Waals surface area contributed by atoms with Crippen molar-refractivity contribution >= 4 is 50.7 Å². The van der Waals surface area contributed by atoms with E-state index in [4.69, 9.17) is 23.2 Å². The molecule has 0 unspecified atom stereocenters. The second-order valence-corrected chi connectivity index (χ2v) is 12.3. The summed E-state index contributed by atoms with van der Waals surface area (Å²) in [5.74, 6) is -0.785. The predicted molar refractivity (Wildman–Crippen MR) is 161 cm³/mol. The number of anilines is 1. The number of rotatable bonds is 13. The quantitative estimate of drug-likeness (QED) is 0.235. The van der Waals surface area contributed by atoms with Gasteiger partial charge < -0.3 is 10.2 Å². The zero-order chi connectivity index (χ0) is 29.3. The third-order valence-corrected chi connectivity index (χ3v) is 8.74. The van der Waals surface area contributed by atoms with E-state index in [2.05, 4.69) is 5.32 Å². The highest BCUT2D eigenvalue weighted by Crippen LogP contribution is 2.26. The van der Waals surface area contributed by atoms with Crippen LogP contribution in [0.2, 0.25) is 10.0 Å². The number of halogens is 2. The molecule has 0 aliphatic heterocycles. The molecule has 0 aromatic heterocycles. The van der Waals surface area contributed by atoms with E-state index < -0.39 is 28.5 Å². The van der Waals surface area contributed by atoms with Crippen LogP contribution in [0.5, 0.6) is 0 Å². The first-order valence-corrected chi connectivity index (χ1v) is 15.4. The van der Waals surface area contributed by atoms with Gasteiger partial charge in [-0.15, -0.1) is 0 Å². The number of benzene rings is 3. The van der Waals surface area contributed by atoms with Crippen LogP contribution < -0.4 is 9.62 Å². The average Bonchev–Trinajstić information content (AvgIpc) is 2.93. The first kappa shape index (κ1) is 31.5. The summed E-state index contributed by atoms with van der Waals surface area (Å²) in [6, 6.07) is 18.9. The van der Waals surface area contributed by atoms with Gasteiger partial charge in [0.25, 0.3) is 10.0 Å². The lowest BCUT2D eigenvalue weighted by Gasteiger charge is -2.33. The van der Waals surface area contributed by atoms with Crippen molar-refractivity contribution in [3.05, 3.63) is 94.0 Å². The van der Waals surface area contributed by atoms with Gasteiger partial charge >= 0.3 is 0 Å². The van der Waals surface area contributed by atoms with Crippen molar-refractivity contribution in [3.8, 4) is 0 Å². The monoisotopic (exact) mass is 603 g/mol. The van der Waals surface area contributed by atoms with E-state index in [0.717, 1.165) is 28.3 Å². The maximum Gasteiger partial charge on any atom is 0.264 e. The van der Waals surface area contributed by atoms with Crippen molar-refractivity contribution < 1.29 is 18.0 Å². The molecular weight excluding hydrogens is 569 g/mol. The lowest BCUT2D eigenvalue weighted by molar-refractivity contribution is -0.140. The first-order chi connectivity index (χ1) is 19.1. The molecular formula is C30H35Cl2N3O4S. The Bertz CT molecular complexity index is 1400. The number of nitrogens with zero attached hydrogens (tertiary/aromatic N) is 2. The van der Waals surface area contributed by atoms with Crippen molar-refractivity contribution in [2.24, 2.45) is 0 Å². The highest BCUT2D eigenvalue weighted by atomic mass is 35.5. The summed E-state index contributed by atoms with van der Waals surface area (Å²) in [7, 11) is -4.16. The number of nitrogens with one attached hydrogen (secondary N) is 1. The molecule has 3 rings (SSSR count). The molecule has 0 fully saturated rings. The average molecular weight is 605 g/mol.